The summed E-state index contributed by atoms with van der Waals surface area (Å²) in [6.07, 6.45) is 2.76. The summed E-state index contributed by atoms with van der Waals surface area (Å²) in [5.74, 6) is -2.84. The fourth-order valence-electron chi connectivity index (χ4n) is 1.02. The van der Waals surface area contributed by atoms with Gasteiger partial charge in [0.25, 0.3) is 5.92 Å². The SMILES string of the molecule is CCCC(F)(F)c1cnc(C)cn1. The van der Waals surface area contributed by atoms with Gasteiger partial charge >= 0.3 is 0 Å². The van der Waals surface area contributed by atoms with Crippen molar-refractivity contribution in [3.8, 4) is 0 Å². The Morgan fingerprint density at radius 2 is 2.00 bits per heavy atom. The number of aryl methyl sites for hydroxylation is 1. The van der Waals surface area contributed by atoms with E-state index in [1.807, 2.05) is 0 Å². The van der Waals surface area contributed by atoms with Gasteiger partial charge in [0.2, 0.25) is 0 Å². The van der Waals surface area contributed by atoms with Crippen LogP contribution in [0.5, 0.6) is 0 Å². The van der Waals surface area contributed by atoms with Gasteiger partial charge in [0.05, 0.1) is 11.9 Å². The maximum absolute atomic E-state index is 13.2. The average molecular weight is 186 g/mol. The van der Waals surface area contributed by atoms with E-state index < -0.39 is 5.92 Å². The number of aromatic nitrogens is 2. The van der Waals surface area contributed by atoms with Crippen LogP contribution in [0.2, 0.25) is 0 Å². The molecule has 0 aliphatic rings. The number of hydrogen-bond donors (Lipinski definition) is 0. The predicted molar refractivity (Wildman–Crippen MR) is 45.6 cm³/mol. The second-order valence-electron chi connectivity index (χ2n) is 3.00. The molecule has 0 atom stereocenters. The Morgan fingerprint density at radius 1 is 1.31 bits per heavy atom. The highest BCUT2D eigenvalue weighted by atomic mass is 19.3. The molecule has 0 spiro atoms. The van der Waals surface area contributed by atoms with Crippen molar-refractivity contribution in [1.29, 1.82) is 0 Å². The van der Waals surface area contributed by atoms with E-state index in [0.29, 0.717) is 12.1 Å². The molecule has 2 nitrogen and oxygen atoms in total. The van der Waals surface area contributed by atoms with Crippen LogP contribution in [0.1, 0.15) is 31.2 Å². The van der Waals surface area contributed by atoms with E-state index in [-0.39, 0.29) is 12.1 Å². The van der Waals surface area contributed by atoms with Crippen molar-refractivity contribution in [2.75, 3.05) is 0 Å². The predicted octanol–water partition coefficient (Wildman–Crippen LogP) is 2.68. The maximum Gasteiger partial charge on any atom is 0.291 e. The lowest BCUT2D eigenvalue weighted by atomic mass is 10.1. The van der Waals surface area contributed by atoms with Crippen LogP contribution in [0.15, 0.2) is 12.4 Å². The van der Waals surface area contributed by atoms with E-state index in [2.05, 4.69) is 9.97 Å². The Morgan fingerprint density at radius 3 is 2.46 bits per heavy atom. The molecule has 1 rings (SSSR count). The molecule has 0 aliphatic carbocycles. The summed E-state index contributed by atoms with van der Waals surface area (Å²) in [5, 5.41) is 0. The standard InChI is InChI=1S/C9H12F2N2/c1-3-4-9(10,11)8-6-12-7(2)5-13-8/h5-6H,3-4H2,1-2H3. The van der Waals surface area contributed by atoms with Crippen molar-refractivity contribution in [3.05, 3.63) is 23.8 Å². The fraction of sp³-hybridized carbons (Fsp3) is 0.556. The number of hydrogen-bond acceptors (Lipinski definition) is 2. The van der Waals surface area contributed by atoms with Gasteiger partial charge in [-0.25, -0.2) is 0 Å². The molecular weight excluding hydrogens is 174 g/mol. The van der Waals surface area contributed by atoms with Crippen molar-refractivity contribution in [2.45, 2.75) is 32.6 Å². The largest absolute Gasteiger partial charge is 0.291 e. The van der Waals surface area contributed by atoms with Crippen molar-refractivity contribution >= 4 is 0 Å². The van der Waals surface area contributed by atoms with Crippen LogP contribution in [0, 0.1) is 6.92 Å². The molecule has 0 amide bonds. The molecule has 1 aromatic rings. The average Bonchev–Trinajstić information content (AvgIpc) is 2.05. The smallest absolute Gasteiger partial charge is 0.258 e. The van der Waals surface area contributed by atoms with Gasteiger partial charge in [-0.3, -0.25) is 9.97 Å². The van der Waals surface area contributed by atoms with Crippen LogP contribution < -0.4 is 0 Å². The summed E-state index contributed by atoms with van der Waals surface area (Å²) < 4.78 is 26.4. The minimum absolute atomic E-state index is 0.176. The van der Waals surface area contributed by atoms with Crippen molar-refractivity contribution in [2.24, 2.45) is 0 Å². The van der Waals surface area contributed by atoms with Crippen molar-refractivity contribution in [1.82, 2.24) is 9.97 Å². The maximum atomic E-state index is 13.2. The van der Waals surface area contributed by atoms with Crippen LogP contribution in [-0.2, 0) is 5.92 Å². The Hall–Kier alpha value is -1.06. The first kappa shape index (κ1) is 10.0. The zero-order chi connectivity index (χ0) is 9.90. The lowest BCUT2D eigenvalue weighted by molar-refractivity contribution is -0.0188. The molecule has 72 valence electrons. The fourth-order valence-corrected chi connectivity index (χ4v) is 1.02. The molecular formula is C9H12F2N2. The van der Waals surface area contributed by atoms with Crippen LogP contribution in [0.3, 0.4) is 0 Å². The van der Waals surface area contributed by atoms with Gasteiger partial charge in [0, 0.05) is 12.6 Å². The molecule has 0 bridgehead atoms. The van der Waals surface area contributed by atoms with Gasteiger partial charge in [-0.2, -0.15) is 8.78 Å². The van der Waals surface area contributed by atoms with Crippen molar-refractivity contribution < 1.29 is 8.78 Å². The summed E-state index contributed by atoms with van der Waals surface area (Å²) in [4.78, 5) is 7.44. The normalized spacial score (nSPS) is 11.7. The summed E-state index contributed by atoms with van der Waals surface area (Å²) in [6.45, 7) is 3.43. The van der Waals surface area contributed by atoms with Crippen LogP contribution in [-0.4, -0.2) is 9.97 Å². The van der Waals surface area contributed by atoms with E-state index in [4.69, 9.17) is 0 Å². The lowest BCUT2D eigenvalue weighted by Crippen LogP contribution is -2.15. The molecule has 0 saturated carbocycles. The Balaban J connectivity index is 2.87. The van der Waals surface area contributed by atoms with Crippen molar-refractivity contribution in [3.63, 3.8) is 0 Å². The molecule has 0 N–H and O–H groups in total. The number of rotatable bonds is 3. The van der Waals surface area contributed by atoms with E-state index in [9.17, 15) is 8.78 Å². The summed E-state index contributed by atoms with van der Waals surface area (Å²) in [5.41, 5.74) is 0.413. The molecule has 0 radical (unpaired) electrons. The van der Waals surface area contributed by atoms with E-state index >= 15 is 0 Å². The molecule has 0 aromatic carbocycles. The van der Waals surface area contributed by atoms with Gasteiger partial charge in [-0.05, 0) is 6.92 Å². The van der Waals surface area contributed by atoms with Gasteiger partial charge in [-0.1, -0.05) is 13.3 Å². The quantitative estimate of drug-likeness (QED) is 0.725. The first-order valence-corrected chi connectivity index (χ1v) is 4.23. The number of alkyl halides is 2. The molecule has 1 heterocycles. The summed E-state index contributed by atoms with van der Waals surface area (Å²) in [7, 11) is 0. The Labute approximate surface area is 76.0 Å². The first-order chi connectivity index (χ1) is 6.06. The van der Waals surface area contributed by atoms with E-state index in [0.717, 1.165) is 6.20 Å². The van der Waals surface area contributed by atoms with E-state index in [1.54, 1.807) is 13.8 Å². The van der Waals surface area contributed by atoms with Crippen LogP contribution >= 0.6 is 0 Å². The minimum Gasteiger partial charge on any atom is -0.258 e. The van der Waals surface area contributed by atoms with Crippen LogP contribution in [0.4, 0.5) is 8.78 Å². The first-order valence-electron chi connectivity index (χ1n) is 4.23. The Bertz CT molecular complexity index is 269. The third-order valence-electron chi connectivity index (χ3n) is 1.72. The molecule has 4 heteroatoms. The zero-order valence-electron chi connectivity index (χ0n) is 7.72. The van der Waals surface area contributed by atoms with Gasteiger partial charge in [-0.15, -0.1) is 0 Å². The van der Waals surface area contributed by atoms with Crippen LogP contribution in [0.25, 0.3) is 0 Å². The monoisotopic (exact) mass is 186 g/mol. The number of nitrogens with zero attached hydrogens (tertiary/aromatic N) is 2. The minimum atomic E-state index is -2.84. The summed E-state index contributed by atoms with van der Waals surface area (Å²) in [6, 6.07) is 0. The molecule has 0 saturated heterocycles. The molecule has 0 aliphatic heterocycles. The van der Waals surface area contributed by atoms with E-state index in [1.165, 1.54) is 6.20 Å². The molecule has 0 fully saturated rings. The molecule has 0 unspecified atom stereocenters. The van der Waals surface area contributed by atoms with Gasteiger partial charge < -0.3 is 0 Å². The topological polar surface area (TPSA) is 25.8 Å². The molecule has 13 heavy (non-hydrogen) atoms. The second kappa shape index (κ2) is 3.77. The van der Waals surface area contributed by atoms with Gasteiger partial charge in [0.1, 0.15) is 5.69 Å². The molecule has 1 aromatic heterocycles. The Kier molecular flexibility index (Phi) is 2.90. The highest BCUT2D eigenvalue weighted by Crippen LogP contribution is 2.30. The highest BCUT2D eigenvalue weighted by Gasteiger charge is 2.31. The number of halogens is 2. The highest BCUT2D eigenvalue weighted by molar-refractivity contribution is 5.06. The summed E-state index contributed by atoms with van der Waals surface area (Å²) >= 11 is 0. The third-order valence-corrected chi connectivity index (χ3v) is 1.72. The second-order valence-corrected chi connectivity index (χ2v) is 3.00. The third kappa shape index (κ3) is 2.44. The zero-order valence-corrected chi connectivity index (χ0v) is 7.72. The lowest BCUT2D eigenvalue weighted by Gasteiger charge is -2.13. The van der Waals surface area contributed by atoms with Gasteiger partial charge in [0.15, 0.2) is 0 Å².